The van der Waals surface area contributed by atoms with Crippen LogP contribution in [0.15, 0.2) is 5.16 Å². The Balaban J connectivity index is 1.77. The summed E-state index contributed by atoms with van der Waals surface area (Å²) in [6.45, 7) is 9.52. The van der Waals surface area contributed by atoms with Gasteiger partial charge in [-0.2, -0.15) is 0 Å². The molecule has 6 nitrogen and oxygen atoms in total. The van der Waals surface area contributed by atoms with Crippen molar-refractivity contribution in [1.29, 1.82) is 0 Å². The van der Waals surface area contributed by atoms with Crippen LogP contribution in [0.3, 0.4) is 0 Å². The van der Waals surface area contributed by atoms with Crippen molar-refractivity contribution in [3.63, 3.8) is 0 Å². The van der Waals surface area contributed by atoms with Gasteiger partial charge in [-0.15, -0.1) is 10.2 Å². The van der Waals surface area contributed by atoms with E-state index in [0.717, 1.165) is 69.2 Å². The topological polar surface area (TPSA) is 52.4 Å². The highest BCUT2D eigenvalue weighted by Gasteiger charge is 2.24. The second kappa shape index (κ2) is 7.66. The molecule has 1 unspecified atom stereocenters. The maximum atomic E-state index is 5.82. The molecular weight excluding hydrogens is 300 g/mol. The molecule has 0 radical (unpaired) electrons. The van der Waals surface area contributed by atoms with E-state index in [1.54, 1.807) is 11.8 Å². The van der Waals surface area contributed by atoms with E-state index >= 15 is 0 Å². The summed E-state index contributed by atoms with van der Waals surface area (Å²) >= 11 is 1.80. The molecule has 0 aromatic carbocycles. The number of anilines is 1. The van der Waals surface area contributed by atoms with Crippen LogP contribution in [0.4, 0.5) is 5.95 Å². The summed E-state index contributed by atoms with van der Waals surface area (Å²) in [6.07, 6.45) is 2.59. The van der Waals surface area contributed by atoms with Gasteiger partial charge in [0.25, 0.3) is 0 Å². The standard InChI is InChI=1S/C15H26N4O2S/c1-12(2)11-22-15-17-16-14(18-5-8-20-9-6-18)19(15)10-13-4-3-7-21-13/h12-13H,3-11H2,1-2H3. The Morgan fingerprint density at radius 1 is 1.23 bits per heavy atom. The molecule has 0 bridgehead atoms. The average molecular weight is 326 g/mol. The minimum atomic E-state index is 0.300. The van der Waals surface area contributed by atoms with Gasteiger partial charge in [-0.1, -0.05) is 25.6 Å². The summed E-state index contributed by atoms with van der Waals surface area (Å²) in [5.41, 5.74) is 0. The number of hydrogen-bond donors (Lipinski definition) is 0. The zero-order valence-electron chi connectivity index (χ0n) is 13.5. The van der Waals surface area contributed by atoms with Crippen molar-refractivity contribution in [3.05, 3.63) is 0 Å². The Morgan fingerprint density at radius 3 is 2.73 bits per heavy atom. The number of thioether (sulfide) groups is 1. The number of aromatic nitrogens is 3. The van der Waals surface area contributed by atoms with Crippen molar-refractivity contribution in [3.8, 4) is 0 Å². The molecule has 7 heteroatoms. The third-order valence-corrected chi connectivity index (χ3v) is 5.34. The normalized spacial score (nSPS) is 22.7. The monoisotopic (exact) mass is 326 g/mol. The molecule has 1 aromatic heterocycles. The van der Waals surface area contributed by atoms with Crippen molar-refractivity contribution >= 4 is 17.7 Å². The van der Waals surface area contributed by atoms with Gasteiger partial charge in [-0.05, 0) is 18.8 Å². The summed E-state index contributed by atoms with van der Waals surface area (Å²) in [4.78, 5) is 2.28. The van der Waals surface area contributed by atoms with Crippen molar-refractivity contribution < 1.29 is 9.47 Å². The van der Waals surface area contributed by atoms with Gasteiger partial charge in [-0.25, -0.2) is 0 Å². The van der Waals surface area contributed by atoms with Crippen LogP contribution in [0.5, 0.6) is 0 Å². The molecule has 124 valence electrons. The SMILES string of the molecule is CC(C)CSc1nnc(N2CCOCC2)n1CC1CCCO1. The third-order valence-electron chi connectivity index (χ3n) is 3.95. The van der Waals surface area contributed by atoms with E-state index in [0.29, 0.717) is 12.0 Å². The fourth-order valence-electron chi connectivity index (χ4n) is 2.78. The first kappa shape index (κ1) is 16.1. The molecule has 1 atom stereocenters. The number of nitrogens with zero attached hydrogens (tertiary/aromatic N) is 4. The lowest BCUT2D eigenvalue weighted by molar-refractivity contribution is 0.0942. The van der Waals surface area contributed by atoms with Crippen molar-refractivity contribution in [2.75, 3.05) is 43.6 Å². The molecule has 2 aliphatic rings. The number of morpholine rings is 1. The third kappa shape index (κ3) is 3.94. The van der Waals surface area contributed by atoms with E-state index < -0.39 is 0 Å². The van der Waals surface area contributed by atoms with Crippen LogP contribution in [0.1, 0.15) is 26.7 Å². The predicted octanol–water partition coefficient (Wildman–Crippen LogP) is 2.04. The van der Waals surface area contributed by atoms with E-state index in [4.69, 9.17) is 9.47 Å². The van der Waals surface area contributed by atoms with Crippen LogP contribution in [0, 0.1) is 5.92 Å². The first-order valence-corrected chi connectivity index (χ1v) is 9.23. The lowest BCUT2D eigenvalue weighted by Crippen LogP contribution is -2.38. The molecule has 1 aromatic rings. The summed E-state index contributed by atoms with van der Waals surface area (Å²) < 4.78 is 13.5. The van der Waals surface area contributed by atoms with E-state index in [9.17, 15) is 0 Å². The van der Waals surface area contributed by atoms with Gasteiger partial charge in [0.15, 0.2) is 5.16 Å². The zero-order chi connectivity index (χ0) is 15.4. The second-order valence-corrected chi connectivity index (χ2v) is 7.32. The average Bonchev–Trinajstić information content (AvgIpc) is 3.16. The quantitative estimate of drug-likeness (QED) is 0.746. The number of ether oxygens (including phenoxy) is 2. The van der Waals surface area contributed by atoms with Crippen LogP contribution in [0.2, 0.25) is 0 Å². The minimum absolute atomic E-state index is 0.300. The van der Waals surface area contributed by atoms with E-state index in [2.05, 4.69) is 33.5 Å². The zero-order valence-corrected chi connectivity index (χ0v) is 14.3. The molecule has 0 spiro atoms. The van der Waals surface area contributed by atoms with E-state index in [1.165, 1.54) is 0 Å². The molecule has 0 aliphatic carbocycles. The summed E-state index contributed by atoms with van der Waals surface area (Å²) in [5.74, 6) is 2.68. The maximum Gasteiger partial charge on any atom is 0.228 e. The Hall–Kier alpha value is -0.790. The molecule has 3 heterocycles. The molecule has 3 rings (SSSR count). The van der Waals surface area contributed by atoms with Crippen LogP contribution < -0.4 is 4.90 Å². The first-order chi connectivity index (χ1) is 10.7. The number of hydrogen-bond acceptors (Lipinski definition) is 6. The van der Waals surface area contributed by atoms with Gasteiger partial charge < -0.3 is 14.4 Å². The second-order valence-electron chi connectivity index (χ2n) is 6.33. The highest BCUT2D eigenvalue weighted by atomic mass is 32.2. The first-order valence-electron chi connectivity index (χ1n) is 8.24. The van der Waals surface area contributed by atoms with Gasteiger partial charge in [-0.3, -0.25) is 4.57 Å². The molecule has 2 fully saturated rings. The highest BCUT2D eigenvalue weighted by molar-refractivity contribution is 7.99. The largest absolute Gasteiger partial charge is 0.378 e. The van der Waals surface area contributed by atoms with Gasteiger partial charge >= 0.3 is 0 Å². The fourth-order valence-corrected chi connectivity index (χ4v) is 3.67. The molecular formula is C15H26N4O2S. The maximum absolute atomic E-state index is 5.82. The lowest BCUT2D eigenvalue weighted by Gasteiger charge is -2.28. The van der Waals surface area contributed by atoms with Crippen LogP contribution >= 0.6 is 11.8 Å². The van der Waals surface area contributed by atoms with Crippen LogP contribution in [0.25, 0.3) is 0 Å². The van der Waals surface area contributed by atoms with Crippen LogP contribution in [-0.2, 0) is 16.0 Å². The van der Waals surface area contributed by atoms with Gasteiger partial charge in [0.05, 0.1) is 25.9 Å². The highest BCUT2D eigenvalue weighted by Crippen LogP contribution is 2.26. The summed E-state index contributed by atoms with van der Waals surface area (Å²) in [7, 11) is 0. The van der Waals surface area contributed by atoms with Crippen LogP contribution in [-0.4, -0.2) is 59.5 Å². The Bertz CT molecular complexity index is 468. The molecule has 0 N–H and O–H groups in total. The lowest BCUT2D eigenvalue weighted by atomic mass is 10.2. The molecule has 0 saturated carbocycles. The number of rotatable bonds is 6. The summed E-state index contributed by atoms with van der Waals surface area (Å²) in [6, 6.07) is 0. The van der Waals surface area contributed by atoms with Crippen molar-refractivity contribution in [2.45, 2.75) is 44.5 Å². The van der Waals surface area contributed by atoms with E-state index in [1.807, 2.05) is 0 Å². The van der Waals surface area contributed by atoms with Crippen molar-refractivity contribution in [1.82, 2.24) is 14.8 Å². The van der Waals surface area contributed by atoms with Crippen molar-refractivity contribution in [2.24, 2.45) is 5.92 Å². The Labute approximate surface area is 136 Å². The molecule has 2 saturated heterocycles. The fraction of sp³-hybridized carbons (Fsp3) is 0.867. The smallest absolute Gasteiger partial charge is 0.228 e. The Kier molecular flexibility index (Phi) is 5.60. The molecule has 2 aliphatic heterocycles. The van der Waals surface area contributed by atoms with E-state index in [-0.39, 0.29) is 0 Å². The van der Waals surface area contributed by atoms with Gasteiger partial charge in [0.1, 0.15) is 0 Å². The predicted molar refractivity (Wildman–Crippen MR) is 87.6 cm³/mol. The summed E-state index contributed by atoms with van der Waals surface area (Å²) in [5, 5.41) is 9.93. The van der Waals surface area contributed by atoms with Gasteiger partial charge in [0.2, 0.25) is 5.95 Å². The van der Waals surface area contributed by atoms with Gasteiger partial charge in [0, 0.05) is 25.4 Å². The molecule has 22 heavy (non-hydrogen) atoms. The molecule has 0 amide bonds. The Morgan fingerprint density at radius 2 is 2.05 bits per heavy atom. The minimum Gasteiger partial charge on any atom is -0.378 e.